The Morgan fingerprint density at radius 1 is 0.931 bits per heavy atom. The van der Waals surface area contributed by atoms with Crippen LogP contribution >= 0.6 is 0 Å². The molecule has 0 spiro atoms. The van der Waals surface area contributed by atoms with Crippen LogP contribution in [0.25, 0.3) is 5.69 Å². The minimum Gasteiger partial charge on any atom is -0.494 e. The van der Waals surface area contributed by atoms with Gasteiger partial charge in [0.2, 0.25) is 0 Å². The SMILES string of the molecule is CCOc1ccc(CCOC(=O)NNC(=O)c2ccccc2-n2cccc2)cc1. The molecule has 1 aromatic heterocycles. The summed E-state index contributed by atoms with van der Waals surface area (Å²) in [5.74, 6) is 0.371. The molecule has 0 unspecified atom stereocenters. The molecule has 29 heavy (non-hydrogen) atoms. The topological polar surface area (TPSA) is 81.6 Å². The van der Waals surface area contributed by atoms with E-state index in [-0.39, 0.29) is 6.61 Å². The molecule has 2 aromatic carbocycles. The second-order valence-corrected chi connectivity index (χ2v) is 6.15. The van der Waals surface area contributed by atoms with Gasteiger partial charge in [0.25, 0.3) is 5.91 Å². The number of amides is 2. The number of hydrogen-bond acceptors (Lipinski definition) is 4. The number of benzene rings is 2. The van der Waals surface area contributed by atoms with Crippen LogP contribution in [0.4, 0.5) is 4.79 Å². The molecule has 0 fully saturated rings. The van der Waals surface area contributed by atoms with Gasteiger partial charge in [-0.15, -0.1) is 0 Å². The van der Waals surface area contributed by atoms with Crippen molar-refractivity contribution in [1.29, 1.82) is 0 Å². The van der Waals surface area contributed by atoms with Crippen LogP contribution in [0, 0.1) is 0 Å². The first-order valence-corrected chi connectivity index (χ1v) is 9.34. The fraction of sp³-hybridized carbons (Fsp3) is 0.182. The van der Waals surface area contributed by atoms with Gasteiger partial charge in [-0.3, -0.25) is 10.2 Å². The lowest BCUT2D eigenvalue weighted by molar-refractivity contribution is 0.0910. The van der Waals surface area contributed by atoms with Crippen LogP contribution in [0.2, 0.25) is 0 Å². The third-order valence-corrected chi connectivity index (χ3v) is 4.17. The molecule has 1 heterocycles. The van der Waals surface area contributed by atoms with Crippen molar-refractivity contribution < 1.29 is 19.1 Å². The van der Waals surface area contributed by atoms with Crippen LogP contribution in [-0.2, 0) is 11.2 Å². The monoisotopic (exact) mass is 393 g/mol. The largest absolute Gasteiger partial charge is 0.494 e. The van der Waals surface area contributed by atoms with E-state index in [1.165, 1.54) is 0 Å². The fourth-order valence-electron chi connectivity index (χ4n) is 2.78. The standard InChI is InChI=1S/C22H23N3O4/c1-2-28-18-11-9-17(10-12-18)13-16-29-22(27)24-23-21(26)19-7-3-4-8-20(19)25-14-5-6-15-25/h3-12,14-15H,2,13,16H2,1H3,(H,23,26)(H,24,27). The highest BCUT2D eigenvalue weighted by molar-refractivity contribution is 5.98. The minimum absolute atomic E-state index is 0.190. The van der Waals surface area contributed by atoms with Crippen molar-refractivity contribution in [1.82, 2.24) is 15.4 Å². The van der Waals surface area contributed by atoms with Crippen LogP contribution in [0.1, 0.15) is 22.8 Å². The zero-order chi connectivity index (χ0) is 20.5. The molecule has 0 aliphatic carbocycles. The third-order valence-electron chi connectivity index (χ3n) is 4.17. The van der Waals surface area contributed by atoms with Crippen LogP contribution in [0.5, 0.6) is 5.75 Å². The number of aromatic nitrogens is 1. The smallest absolute Gasteiger partial charge is 0.426 e. The van der Waals surface area contributed by atoms with E-state index in [2.05, 4.69) is 10.9 Å². The second kappa shape index (κ2) is 9.98. The summed E-state index contributed by atoms with van der Waals surface area (Å²) in [6, 6.07) is 18.4. The Morgan fingerprint density at radius 2 is 1.66 bits per heavy atom. The van der Waals surface area contributed by atoms with Crippen LogP contribution in [0.15, 0.2) is 73.1 Å². The average molecular weight is 393 g/mol. The zero-order valence-corrected chi connectivity index (χ0v) is 16.1. The number of hydrazine groups is 1. The first kappa shape index (κ1) is 20.0. The number of nitrogens with one attached hydrogen (secondary N) is 2. The number of nitrogens with zero attached hydrogens (tertiary/aromatic N) is 1. The molecule has 3 rings (SSSR count). The lowest BCUT2D eigenvalue weighted by Gasteiger charge is -2.12. The summed E-state index contributed by atoms with van der Waals surface area (Å²) < 4.78 is 12.3. The molecule has 7 nitrogen and oxygen atoms in total. The van der Waals surface area contributed by atoms with E-state index in [1.54, 1.807) is 12.1 Å². The summed E-state index contributed by atoms with van der Waals surface area (Å²) in [5.41, 5.74) is 6.81. The van der Waals surface area contributed by atoms with Gasteiger partial charge in [-0.05, 0) is 48.9 Å². The maximum atomic E-state index is 12.4. The summed E-state index contributed by atoms with van der Waals surface area (Å²) in [4.78, 5) is 24.3. The highest BCUT2D eigenvalue weighted by atomic mass is 16.6. The van der Waals surface area contributed by atoms with E-state index in [9.17, 15) is 9.59 Å². The Labute approximate surface area is 169 Å². The van der Waals surface area contributed by atoms with E-state index >= 15 is 0 Å². The molecule has 0 atom stereocenters. The lowest BCUT2D eigenvalue weighted by Crippen LogP contribution is -2.42. The Bertz CT molecular complexity index is 937. The van der Waals surface area contributed by atoms with E-state index < -0.39 is 12.0 Å². The highest BCUT2D eigenvalue weighted by Crippen LogP contribution is 2.14. The van der Waals surface area contributed by atoms with Crippen LogP contribution in [-0.4, -0.2) is 29.8 Å². The molecule has 0 saturated heterocycles. The maximum Gasteiger partial charge on any atom is 0.426 e. The number of carbonyl (C=O) groups excluding carboxylic acids is 2. The average Bonchev–Trinajstić information content (AvgIpc) is 3.28. The molecular formula is C22H23N3O4. The van der Waals surface area contributed by atoms with E-state index in [0.717, 1.165) is 11.3 Å². The number of hydrogen-bond donors (Lipinski definition) is 2. The van der Waals surface area contributed by atoms with Gasteiger partial charge in [-0.1, -0.05) is 24.3 Å². The predicted molar refractivity (Wildman–Crippen MR) is 109 cm³/mol. The third kappa shape index (κ3) is 5.62. The Hall–Kier alpha value is -3.74. The molecule has 2 amide bonds. The predicted octanol–water partition coefficient (Wildman–Crippen LogP) is 3.49. The van der Waals surface area contributed by atoms with Gasteiger partial charge in [0.15, 0.2) is 0 Å². The number of carbonyl (C=O) groups is 2. The summed E-state index contributed by atoms with van der Waals surface area (Å²) in [7, 11) is 0. The second-order valence-electron chi connectivity index (χ2n) is 6.15. The molecule has 3 aromatic rings. The molecule has 0 radical (unpaired) electrons. The number of para-hydroxylation sites is 1. The van der Waals surface area contributed by atoms with Gasteiger partial charge in [-0.2, -0.15) is 0 Å². The molecule has 7 heteroatoms. The number of rotatable bonds is 7. The van der Waals surface area contributed by atoms with Crippen molar-refractivity contribution in [2.45, 2.75) is 13.3 Å². The first-order chi connectivity index (χ1) is 14.2. The van der Waals surface area contributed by atoms with Crippen molar-refractivity contribution in [3.8, 4) is 11.4 Å². The van der Waals surface area contributed by atoms with Gasteiger partial charge < -0.3 is 14.0 Å². The molecule has 0 saturated carbocycles. The van der Waals surface area contributed by atoms with Gasteiger partial charge >= 0.3 is 6.09 Å². The van der Waals surface area contributed by atoms with Crippen molar-refractivity contribution in [2.75, 3.05) is 13.2 Å². The van der Waals surface area contributed by atoms with Gasteiger partial charge in [0.05, 0.1) is 24.5 Å². The summed E-state index contributed by atoms with van der Waals surface area (Å²) in [6.07, 6.45) is 3.52. The normalized spacial score (nSPS) is 10.2. The van der Waals surface area contributed by atoms with Gasteiger partial charge in [0, 0.05) is 18.8 Å². The zero-order valence-electron chi connectivity index (χ0n) is 16.1. The highest BCUT2D eigenvalue weighted by Gasteiger charge is 2.13. The van der Waals surface area contributed by atoms with Crippen LogP contribution < -0.4 is 15.6 Å². The molecular weight excluding hydrogens is 370 g/mol. The molecule has 0 aliphatic rings. The van der Waals surface area contributed by atoms with Gasteiger partial charge in [0.1, 0.15) is 5.75 Å². The molecule has 0 aliphatic heterocycles. The first-order valence-electron chi connectivity index (χ1n) is 9.34. The van der Waals surface area contributed by atoms with Crippen molar-refractivity contribution >= 4 is 12.0 Å². The lowest BCUT2D eigenvalue weighted by atomic mass is 10.1. The summed E-state index contributed by atoms with van der Waals surface area (Å²) in [5, 5.41) is 0. The molecule has 150 valence electrons. The molecule has 0 bridgehead atoms. The Balaban J connectivity index is 1.46. The van der Waals surface area contributed by atoms with E-state index in [0.29, 0.717) is 24.3 Å². The van der Waals surface area contributed by atoms with Crippen molar-refractivity contribution in [2.24, 2.45) is 0 Å². The van der Waals surface area contributed by atoms with Crippen molar-refractivity contribution in [3.05, 3.63) is 84.2 Å². The Kier molecular flexibility index (Phi) is 6.89. The van der Waals surface area contributed by atoms with Crippen molar-refractivity contribution in [3.63, 3.8) is 0 Å². The quantitative estimate of drug-likeness (QED) is 0.602. The fourth-order valence-corrected chi connectivity index (χ4v) is 2.78. The summed E-state index contributed by atoms with van der Waals surface area (Å²) >= 11 is 0. The van der Waals surface area contributed by atoms with E-state index in [4.69, 9.17) is 9.47 Å². The maximum absolute atomic E-state index is 12.4. The minimum atomic E-state index is -0.720. The van der Waals surface area contributed by atoms with Crippen LogP contribution in [0.3, 0.4) is 0 Å². The summed E-state index contributed by atoms with van der Waals surface area (Å²) in [6.45, 7) is 2.73. The van der Waals surface area contributed by atoms with E-state index in [1.807, 2.05) is 72.4 Å². The van der Waals surface area contributed by atoms with Gasteiger partial charge in [-0.25, -0.2) is 10.2 Å². The number of ether oxygens (including phenoxy) is 2. The molecule has 2 N–H and O–H groups in total. The Morgan fingerprint density at radius 3 is 2.38 bits per heavy atom.